The highest BCUT2D eigenvalue weighted by Crippen LogP contribution is 2.45. The zero-order valence-electron chi connectivity index (χ0n) is 22.9. The topological polar surface area (TPSA) is 114 Å². The van der Waals surface area contributed by atoms with Crippen LogP contribution in [-0.4, -0.2) is 59.8 Å². The van der Waals surface area contributed by atoms with Crippen molar-refractivity contribution in [2.45, 2.75) is 52.4 Å². The highest BCUT2D eigenvalue weighted by atomic mass is 35.5. The highest BCUT2D eigenvalue weighted by Gasteiger charge is 2.38. The predicted octanol–water partition coefficient (Wildman–Crippen LogP) is 6.36. The highest BCUT2D eigenvalue weighted by molar-refractivity contribution is 7.92. The Morgan fingerprint density at radius 2 is 1.98 bits per heavy atom. The van der Waals surface area contributed by atoms with Crippen LogP contribution in [0.4, 0.5) is 14.9 Å². The van der Waals surface area contributed by atoms with Gasteiger partial charge in [-0.1, -0.05) is 33.8 Å². The van der Waals surface area contributed by atoms with Crippen molar-refractivity contribution < 1.29 is 22.3 Å². The second-order valence-corrected chi connectivity index (χ2v) is 13.7. The number of nitrogens with one attached hydrogen (secondary N) is 1. The number of sulfonamides is 1. The molecule has 1 N–H and O–H groups in total. The molecule has 0 spiro atoms. The quantitative estimate of drug-likeness (QED) is 0.281. The van der Waals surface area contributed by atoms with Gasteiger partial charge < -0.3 is 9.64 Å². The largest absolute Gasteiger partial charge is 0.449 e. The summed E-state index contributed by atoms with van der Waals surface area (Å²) >= 11 is 7.47. The first-order valence-corrected chi connectivity index (χ1v) is 16.0. The van der Waals surface area contributed by atoms with Crippen molar-refractivity contribution in [1.29, 1.82) is 0 Å². The van der Waals surface area contributed by atoms with Gasteiger partial charge in [-0.15, -0.1) is 11.3 Å². The number of hydrogen-bond acceptors (Lipinski definition) is 8. The Kier molecular flexibility index (Phi) is 9.31. The van der Waals surface area contributed by atoms with Crippen LogP contribution in [0.15, 0.2) is 30.5 Å². The van der Waals surface area contributed by atoms with Crippen LogP contribution in [0.1, 0.15) is 52.0 Å². The molecule has 216 valence electrons. The summed E-state index contributed by atoms with van der Waals surface area (Å²) in [6, 6.07) is 6.21. The minimum absolute atomic E-state index is 0.0411. The number of rotatable bonds is 9. The Bertz CT molecular complexity index is 1470. The zero-order valence-corrected chi connectivity index (χ0v) is 25.3. The van der Waals surface area contributed by atoms with Gasteiger partial charge in [0.05, 0.1) is 39.3 Å². The molecule has 1 aliphatic rings. The monoisotopic (exact) mass is 609 g/mol. The number of likely N-dealkylation sites (tertiary alicyclic amines) is 1. The van der Waals surface area contributed by atoms with Gasteiger partial charge in [0.1, 0.15) is 0 Å². The summed E-state index contributed by atoms with van der Waals surface area (Å²) in [4.78, 5) is 28.0. The molecule has 0 saturated carbocycles. The van der Waals surface area contributed by atoms with Crippen LogP contribution >= 0.6 is 22.9 Å². The van der Waals surface area contributed by atoms with Crippen LogP contribution in [0.5, 0.6) is 0 Å². The maximum absolute atomic E-state index is 15.8. The van der Waals surface area contributed by atoms with E-state index in [9.17, 15) is 13.2 Å². The summed E-state index contributed by atoms with van der Waals surface area (Å²) in [5.74, 6) is -0.599. The molecule has 0 radical (unpaired) electrons. The molecule has 40 heavy (non-hydrogen) atoms. The van der Waals surface area contributed by atoms with Crippen molar-refractivity contribution in [3.63, 3.8) is 0 Å². The molecule has 2 aromatic heterocycles. The van der Waals surface area contributed by atoms with E-state index in [4.69, 9.17) is 21.3 Å². The molecule has 1 amide bonds. The Morgan fingerprint density at radius 1 is 1.25 bits per heavy atom. The van der Waals surface area contributed by atoms with Gasteiger partial charge in [-0.3, -0.25) is 4.72 Å². The molecule has 3 heterocycles. The normalized spacial score (nSPS) is 15.3. The van der Waals surface area contributed by atoms with E-state index in [1.165, 1.54) is 23.6 Å². The first-order valence-electron chi connectivity index (χ1n) is 13.1. The molecule has 4 rings (SSSR count). The maximum atomic E-state index is 15.8. The molecule has 1 aliphatic heterocycles. The average Bonchev–Trinajstić information content (AvgIpc) is 3.35. The third-order valence-corrected chi connectivity index (χ3v) is 9.70. The summed E-state index contributed by atoms with van der Waals surface area (Å²) in [7, 11) is -3.71. The van der Waals surface area contributed by atoms with Crippen LogP contribution in [0.2, 0.25) is 5.28 Å². The first-order chi connectivity index (χ1) is 18.9. The van der Waals surface area contributed by atoms with Gasteiger partial charge in [0.15, 0.2) is 5.82 Å². The lowest BCUT2D eigenvalue weighted by atomic mass is 9.81. The van der Waals surface area contributed by atoms with E-state index >= 15 is 4.39 Å². The molecule has 3 aromatic rings. The van der Waals surface area contributed by atoms with Crippen LogP contribution in [0.25, 0.3) is 21.8 Å². The molecular formula is C27H33ClFN5O4S2. The number of ether oxygens (including phenoxy) is 1. The molecule has 0 atom stereocenters. The summed E-state index contributed by atoms with van der Waals surface area (Å²) < 4.78 is 48.3. The van der Waals surface area contributed by atoms with Gasteiger partial charge in [0, 0.05) is 30.3 Å². The standard InChI is InChI=1S/C27H33ClFN5O4S2/c1-5-15-40(36,37)33-19-8-6-7-18(21(19)29)22-23(20-9-12-30-25(28)31-20)39-24(32-22)27(4)10-13-34(14-11-27)26(35)38-16-17(2)3/h6-9,12,17,33H,5,10-11,13-16H2,1-4H3. The number of anilines is 1. The van der Waals surface area contributed by atoms with Gasteiger partial charge in [0.2, 0.25) is 15.3 Å². The molecule has 1 fully saturated rings. The lowest BCUT2D eigenvalue weighted by Crippen LogP contribution is -2.44. The minimum atomic E-state index is -3.71. The van der Waals surface area contributed by atoms with Crippen molar-refractivity contribution in [2.24, 2.45) is 5.92 Å². The fourth-order valence-corrected chi connectivity index (χ4v) is 6.93. The average molecular weight is 610 g/mol. The van der Waals surface area contributed by atoms with Gasteiger partial charge in [-0.25, -0.2) is 32.6 Å². The smallest absolute Gasteiger partial charge is 0.409 e. The number of amides is 1. The number of hydrogen-bond donors (Lipinski definition) is 1. The summed E-state index contributed by atoms with van der Waals surface area (Å²) in [6.07, 6.45) is 2.87. The van der Waals surface area contributed by atoms with E-state index in [0.717, 1.165) is 5.01 Å². The number of aromatic nitrogens is 3. The lowest BCUT2D eigenvalue weighted by molar-refractivity contribution is 0.0762. The van der Waals surface area contributed by atoms with E-state index < -0.39 is 15.8 Å². The van der Waals surface area contributed by atoms with Crippen molar-refractivity contribution in [2.75, 3.05) is 30.2 Å². The summed E-state index contributed by atoms with van der Waals surface area (Å²) in [6.45, 7) is 9.16. The number of nitrogens with zero attached hydrogens (tertiary/aromatic N) is 4. The molecule has 0 unspecified atom stereocenters. The Morgan fingerprint density at radius 3 is 2.62 bits per heavy atom. The van der Waals surface area contributed by atoms with Crippen molar-refractivity contribution >= 4 is 44.7 Å². The van der Waals surface area contributed by atoms with E-state index in [1.54, 1.807) is 30.0 Å². The SMILES string of the molecule is CCCS(=O)(=O)Nc1cccc(-c2nc(C3(C)CCN(C(=O)OCC(C)C)CC3)sc2-c2ccnc(Cl)n2)c1F. The van der Waals surface area contributed by atoms with Crippen LogP contribution in [0, 0.1) is 11.7 Å². The van der Waals surface area contributed by atoms with Crippen LogP contribution in [0.3, 0.4) is 0 Å². The molecule has 1 aromatic carbocycles. The predicted molar refractivity (Wildman–Crippen MR) is 156 cm³/mol. The second-order valence-electron chi connectivity index (χ2n) is 10.5. The number of carbonyl (C=O) groups is 1. The van der Waals surface area contributed by atoms with Gasteiger partial charge in [0.25, 0.3) is 0 Å². The first kappa shape index (κ1) is 30.1. The Balaban J connectivity index is 1.71. The zero-order chi connectivity index (χ0) is 29.1. The molecule has 0 aliphatic carbocycles. The van der Waals surface area contributed by atoms with Crippen LogP contribution < -0.4 is 4.72 Å². The van der Waals surface area contributed by atoms with Crippen LogP contribution in [-0.2, 0) is 20.2 Å². The number of carbonyl (C=O) groups excluding carboxylic acids is 1. The number of piperidine rings is 1. The Hall–Kier alpha value is -2.83. The number of benzene rings is 1. The van der Waals surface area contributed by atoms with E-state index in [0.29, 0.717) is 55.2 Å². The summed E-state index contributed by atoms with van der Waals surface area (Å²) in [5.41, 5.74) is 0.422. The molecule has 9 nitrogen and oxygen atoms in total. The fourth-order valence-electron chi connectivity index (χ4n) is 4.40. The molecular weight excluding hydrogens is 577 g/mol. The third-order valence-electron chi connectivity index (χ3n) is 6.66. The maximum Gasteiger partial charge on any atom is 0.409 e. The van der Waals surface area contributed by atoms with Crippen molar-refractivity contribution in [3.8, 4) is 21.8 Å². The van der Waals surface area contributed by atoms with Gasteiger partial charge in [-0.05, 0) is 55.0 Å². The van der Waals surface area contributed by atoms with Gasteiger partial charge in [-0.2, -0.15) is 0 Å². The molecule has 1 saturated heterocycles. The van der Waals surface area contributed by atoms with E-state index in [1.807, 2.05) is 13.8 Å². The van der Waals surface area contributed by atoms with Crippen molar-refractivity contribution in [1.82, 2.24) is 19.9 Å². The third kappa shape index (κ3) is 6.90. The number of thiazole rings is 1. The van der Waals surface area contributed by atoms with E-state index in [2.05, 4.69) is 21.6 Å². The molecule has 0 bridgehead atoms. The van der Waals surface area contributed by atoms with Crippen molar-refractivity contribution in [3.05, 3.63) is 46.6 Å². The fraction of sp³-hybridized carbons (Fsp3) is 0.481. The number of halogens is 2. The Labute approximate surface area is 243 Å². The molecule has 13 heteroatoms. The van der Waals surface area contributed by atoms with Gasteiger partial charge >= 0.3 is 6.09 Å². The lowest BCUT2D eigenvalue weighted by Gasteiger charge is -2.37. The second kappa shape index (κ2) is 12.4. The minimum Gasteiger partial charge on any atom is -0.449 e. The van der Waals surface area contributed by atoms with E-state index in [-0.39, 0.29) is 39.7 Å². The summed E-state index contributed by atoms with van der Waals surface area (Å²) in [5, 5.41) is 0.804.